The first-order valence-corrected chi connectivity index (χ1v) is 9.28. The number of hydrogen-bond acceptors (Lipinski definition) is 3. The molecule has 136 valence electrons. The number of likely N-dealkylation sites (N-methyl/N-ethyl adjacent to an activating group) is 1. The lowest BCUT2D eigenvalue weighted by Gasteiger charge is -2.27. The van der Waals surface area contributed by atoms with Gasteiger partial charge in [-0.05, 0) is 40.3 Å². The van der Waals surface area contributed by atoms with Gasteiger partial charge < -0.3 is 10.2 Å². The zero-order valence-electron chi connectivity index (χ0n) is 16.3. The van der Waals surface area contributed by atoms with Crippen molar-refractivity contribution in [3.63, 3.8) is 0 Å². The molecule has 6 heteroatoms. The van der Waals surface area contributed by atoms with Gasteiger partial charge in [-0.2, -0.15) is 5.10 Å². The molecule has 2 rings (SSSR count). The van der Waals surface area contributed by atoms with Crippen LogP contribution in [0, 0.1) is 13.8 Å². The van der Waals surface area contributed by atoms with Crippen LogP contribution >= 0.6 is 0 Å². The number of aryl methyl sites for hydroxylation is 2. The summed E-state index contributed by atoms with van der Waals surface area (Å²) in [5.74, 6) is 1.04. The molecule has 0 aromatic carbocycles. The van der Waals surface area contributed by atoms with Crippen molar-refractivity contribution in [3.8, 4) is 0 Å². The van der Waals surface area contributed by atoms with E-state index in [0.29, 0.717) is 12.6 Å². The van der Waals surface area contributed by atoms with E-state index in [2.05, 4.69) is 54.8 Å². The van der Waals surface area contributed by atoms with Crippen molar-refractivity contribution >= 4 is 5.96 Å². The van der Waals surface area contributed by atoms with E-state index in [0.717, 1.165) is 44.4 Å². The van der Waals surface area contributed by atoms with E-state index in [9.17, 15) is 0 Å². The van der Waals surface area contributed by atoms with Crippen molar-refractivity contribution in [1.82, 2.24) is 24.9 Å². The second-order valence-corrected chi connectivity index (χ2v) is 6.55. The van der Waals surface area contributed by atoms with Crippen LogP contribution in [-0.2, 0) is 13.6 Å². The van der Waals surface area contributed by atoms with Crippen LogP contribution in [0.2, 0.25) is 0 Å². The zero-order chi connectivity index (χ0) is 17.7. The normalized spacial score (nSPS) is 18.7. The number of guanidine groups is 1. The van der Waals surface area contributed by atoms with Gasteiger partial charge >= 0.3 is 0 Å². The Balaban J connectivity index is 2.09. The summed E-state index contributed by atoms with van der Waals surface area (Å²) in [6, 6.07) is 0.644. The van der Waals surface area contributed by atoms with Crippen molar-refractivity contribution in [3.05, 3.63) is 17.0 Å². The summed E-state index contributed by atoms with van der Waals surface area (Å²) in [4.78, 5) is 9.87. The van der Waals surface area contributed by atoms with Crippen molar-refractivity contribution in [2.75, 3.05) is 32.7 Å². The average molecular weight is 335 g/mol. The van der Waals surface area contributed by atoms with Gasteiger partial charge in [0.05, 0.1) is 12.2 Å². The Kier molecular flexibility index (Phi) is 6.66. The van der Waals surface area contributed by atoms with Crippen molar-refractivity contribution < 1.29 is 0 Å². The summed E-state index contributed by atoms with van der Waals surface area (Å²) >= 11 is 0. The van der Waals surface area contributed by atoms with Crippen LogP contribution in [-0.4, -0.2) is 64.3 Å². The molecule has 0 amide bonds. The largest absolute Gasteiger partial charge is 0.357 e. The third-order valence-corrected chi connectivity index (χ3v) is 5.17. The van der Waals surface area contributed by atoms with Gasteiger partial charge in [0, 0.05) is 44.0 Å². The van der Waals surface area contributed by atoms with Crippen molar-refractivity contribution in [2.24, 2.45) is 12.0 Å². The summed E-state index contributed by atoms with van der Waals surface area (Å²) in [6.45, 7) is 16.8. The summed E-state index contributed by atoms with van der Waals surface area (Å²) in [5, 5.41) is 7.96. The van der Waals surface area contributed by atoms with Gasteiger partial charge in [0.2, 0.25) is 0 Å². The maximum absolute atomic E-state index is 4.91. The Bertz CT molecular complexity index is 558. The smallest absolute Gasteiger partial charge is 0.194 e. The third kappa shape index (κ3) is 4.09. The molecule has 0 aliphatic carbocycles. The van der Waals surface area contributed by atoms with E-state index in [-0.39, 0.29) is 0 Å². The van der Waals surface area contributed by atoms with E-state index in [1.54, 1.807) is 0 Å². The first-order chi connectivity index (χ1) is 11.5. The number of likely N-dealkylation sites (tertiary alicyclic amines) is 1. The monoisotopic (exact) mass is 334 g/mol. The fourth-order valence-electron chi connectivity index (χ4n) is 3.60. The molecule has 1 aliphatic heterocycles. The lowest BCUT2D eigenvalue weighted by atomic mass is 10.2. The average Bonchev–Trinajstić information content (AvgIpc) is 3.12. The number of aromatic nitrogens is 2. The Hall–Kier alpha value is -1.56. The molecule has 0 spiro atoms. The topological polar surface area (TPSA) is 48.7 Å². The van der Waals surface area contributed by atoms with E-state index in [1.807, 2.05) is 11.7 Å². The fraction of sp³-hybridized carbons (Fsp3) is 0.778. The second kappa shape index (κ2) is 8.51. The first kappa shape index (κ1) is 18.8. The summed E-state index contributed by atoms with van der Waals surface area (Å²) in [7, 11) is 2.00. The van der Waals surface area contributed by atoms with Gasteiger partial charge in [-0.3, -0.25) is 9.58 Å². The maximum atomic E-state index is 4.91. The second-order valence-electron chi connectivity index (χ2n) is 6.55. The number of rotatable bonds is 6. The van der Waals surface area contributed by atoms with Crippen LogP contribution in [0.3, 0.4) is 0 Å². The standard InChI is InChI=1S/C18H34N6/c1-7-19-18(20-12-17-14(4)21-22(6)15(17)5)24-11-10-16(13-24)23(8-2)9-3/h16H,7-13H2,1-6H3,(H,19,20). The minimum absolute atomic E-state index is 0.644. The highest BCUT2D eigenvalue weighted by Crippen LogP contribution is 2.17. The molecule has 0 bridgehead atoms. The molecule has 1 aliphatic rings. The van der Waals surface area contributed by atoms with Gasteiger partial charge in [0.1, 0.15) is 0 Å². The molecule has 1 saturated heterocycles. The number of nitrogens with zero attached hydrogens (tertiary/aromatic N) is 5. The molecule has 2 heterocycles. The highest BCUT2D eigenvalue weighted by Gasteiger charge is 2.28. The molecule has 1 N–H and O–H groups in total. The Morgan fingerprint density at radius 1 is 1.29 bits per heavy atom. The third-order valence-electron chi connectivity index (χ3n) is 5.17. The Morgan fingerprint density at radius 2 is 2.00 bits per heavy atom. The molecule has 6 nitrogen and oxygen atoms in total. The van der Waals surface area contributed by atoms with Gasteiger partial charge in [-0.25, -0.2) is 4.99 Å². The Labute approximate surface area is 146 Å². The number of nitrogens with one attached hydrogen (secondary N) is 1. The van der Waals surface area contributed by atoms with E-state index in [1.165, 1.54) is 17.7 Å². The van der Waals surface area contributed by atoms with E-state index < -0.39 is 0 Å². The van der Waals surface area contributed by atoms with Crippen LogP contribution in [0.1, 0.15) is 44.1 Å². The Morgan fingerprint density at radius 3 is 2.54 bits per heavy atom. The number of aliphatic imine (C=N–C) groups is 1. The lowest BCUT2D eigenvalue weighted by Crippen LogP contribution is -2.43. The van der Waals surface area contributed by atoms with Crippen LogP contribution in [0.4, 0.5) is 0 Å². The molecule has 1 aromatic rings. The predicted molar refractivity (Wildman–Crippen MR) is 100 cm³/mol. The van der Waals surface area contributed by atoms with E-state index >= 15 is 0 Å². The van der Waals surface area contributed by atoms with Gasteiger partial charge in [-0.1, -0.05) is 13.8 Å². The highest BCUT2D eigenvalue weighted by molar-refractivity contribution is 5.80. The van der Waals surface area contributed by atoms with Gasteiger partial charge in [-0.15, -0.1) is 0 Å². The van der Waals surface area contributed by atoms with Crippen molar-refractivity contribution in [1.29, 1.82) is 0 Å². The zero-order valence-corrected chi connectivity index (χ0v) is 16.3. The summed E-state index contributed by atoms with van der Waals surface area (Å²) < 4.78 is 1.94. The first-order valence-electron chi connectivity index (χ1n) is 9.28. The van der Waals surface area contributed by atoms with Crippen LogP contribution in [0.25, 0.3) is 0 Å². The molecular weight excluding hydrogens is 300 g/mol. The van der Waals surface area contributed by atoms with Crippen LogP contribution in [0.5, 0.6) is 0 Å². The van der Waals surface area contributed by atoms with Crippen LogP contribution in [0.15, 0.2) is 4.99 Å². The maximum Gasteiger partial charge on any atom is 0.194 e. The lowest BCUT2D eigenvalue weighted by molar-refractivity contribution is 0.223. The number of hydrogen-bond donors (Lipinski definition) is 1. The molecule has 1 aromatic heterocycles. The fourth-order valence-corrected chi connectivity index (χ4v) is 3.60. The van der Waals surface area contributed by atoms with Crippen LogP contribution < -0.4 is 5.32 Å². The molecular formula is C18H34N6. The van der Waals surface area contributed by atoms with E-state index in [4.69, 9.17) is 4.99 Å². The minimum Gasteiger partial charge on any atom is -0.357 e. The quantitative estimate of drug-likeness (QED) is 0.638. The predicted octanol–water partition coefficient (Wildman–Crippen LogP) is 1.92. The highest BCUT2D eigenvalue weighted by atomic mass is 15.3. The molecule has 1 atom stereocenters. The summed E-state index contributed by atoms with van der Waals surface area (Å²) in [5.41, 5.74) is 3.53. The minimum atomic E-state index is 0.644. The summed E-state index contributed by atoms with van der Waals surface area (Å²) in [6.07, 6.45) is 1.22. The van der Waals surface area contributed by atoms with Crippen molar-refractivity contribution in [2.45, 2.75) is 53.6 Å². The molecule has 0 saturated carbocycles. The molecule has 0 radical (unpaired) electrons. The van der Waals surface area contributed by atoms with Gasteiger partial charge in [0.15, 0.2) is 5.96 Å². The van der Waals surface area contributed by atoms with Gasteiger partial charge in [0.25, 0.3) is 0 Å². The molecule has 1 fully saturated rings. The molecule has 1 unspecified atom stereocenters. The molecule has 24 heavy (non-hydrogen) atoms. The SMILES string of the molecule is CCNC(=NCc1c(C)nn(C)c1C)N1CCC(N(CC)CC)C1.